The molecule has 1 aromatic rings. The second-order valence-electron chi connectivity index (χ2n) is 2.18. The molecule has 1 aromatic heterocycles. The number of nitrogens with one attached hydrogen (secondary N) is 1. The standard InChI is InChI=1S/C7H8N2O/c1-2-6-4-10-5-9-7(6)8-3-1/h1-3H,4-5H2,(H,8,9). The summed E-state index contributed by atoms with van der Waals surface area (Å²) in [6.07, 6.45) is 1.77. The fraction of sp³-hybridized carbons (Fsp3) is 0.286. The van der Waals surface area contributed by atoms with Crippen molar-refractivity contribution >= 4 is 5.82 Å². The Hall–Kier alpha value is -1.09. The van der Waals surface area contributed by atoms with E-state index in [1.165, 1.54) is 0 Å². The third kappa shape index (κ3) is 0.844. The van der Waals surface area contributed by atoms with Gasteiger partial charge in [-0.25, -0.2) is 4.98 Å². The average molecular weight is 136 g/mol. The zero-order valence-electron chi connectivity index (χ0n) is 5.50. The minimum absolute atomic E-state index is 0.573. The van der Waals surface area contributed by atoms with Gasteiger partial charge in [0, 0.05) is 11.8 Å². The van der Waals surface area contributed by atoms with E-state index in [2.05, 4.69) is 10.3 Å². The van der Waals surface area contributed by atoms with Crippen molar-refractivity contribution in [2.75, 3.05) is 12.0 Å². The Labute approximate surface area is 59.0 Å². The van der Waals surface area contributed by atoms with E-state index in [1.54, 1.807) is 6.20 Å². The summed E-state index contributed by atoms with van der Waals surface area (Å²) in [7, 11) is 0. The molecule has 3 heteroatoms. The number of aromatic nitrogens is 1. The van der Waals surface area contributed by atoms with Gasteiger partial charge in [-0.2, -0.15) is 0 Å². The number of nitrogens with zero attached hydrogens (tertiary/aromatic N) is 1. The summed E-state index contributed by atoms with van der Waals surface area (Å²) in [4.78, 5) is 4.13. The Morgan fingerprint density at radius 2 is 2.60 bits per heavy atom. The van der Waals surface area contributed by atoms with Crippen LogP contribution < -0.4 is 5.32 Å². The van der Waals surface area contributed by atoms with Crippen LogP contribution in [0.1, 0.15) is 5.56 Å². The van der Waals surface area contributed by atoms with E-state index in [9.17, 15) is 0 Å². The van der Waals surface area contributed by atoms with Gasteiger partial charge in [-0.15, -0.1) is 0 Å². The van der Waals surface area contributed by atoms with E-state index < -0.39 is 0 Å². The van der Waals surface area contributed by atoms with Crippen LogP contribution in [0.2, 0.25) is 0 Å². The first-order chi connectivity index (χ1) is 4.97. The van der Waals surface area contributed by atoms with Gasteiger partial charge in [-0.3, -0.25) is 0 Å². The smallest absolute Gasteiger partial charge is 0.133 e. The minimum atomic E-state index is 0.573. The molecule has 10 heavy (non-hydrogen) atoms. The molecule has 0 saturated heterocycles. The first kappa shape index (κ1) is 5.68. The lowest BCUT2D eigenvalue weighted by molar-refractivity contribution is 0.130. The van der Waals surface area contributed by atoms with Gasteiger partial charge in [-0.05, 0) is 6.07 Å². The second-order valence-corrected chi connectivity index (χ2v) is 2.18. The van der Waals surface area contributed by atoms with Gasteiger partial charge >= 0.3 is 0 Å². The summed E-state index contributed by atoms with van der Waals surface area (Å²) in [5.74, 6) is 0.953. The SMILES string of the molecule is c1cnc2c(c1)COCN2. The summed E-state index contributed by atoms with van der Waals surface area (Å²) < 4.78 is 5.14. The van der Waals surface area contributed by atoms with Crippen LogP contribution in [0.3, 0.4) is 0 Å². The summed E-state index contributed by atoms with van der Waals surface area (Å²) in [6.45, 7) is 1.25. The van der Waals surface area contributed by atoms with Crippen LogP contribution in [0, 0.1) is 0 Å². The Balaban J connectivity index is 2.41. The van der Waals surface area contributed by atoms with Crippen LogP contribution in [-0.4, -0.2) is 11.7 Å². The summed E-state index contributed by atoms with van der Waals surface area (Å²) in [5.41, 5.74) is 1.13. The zero-order chi connectivity index (χ0) is 6.81. The van der Waals surface area contributed by atoms with Crippen molar-refractivity contribution in [2.45, 2.75) is 6.61 Å². The lowest BCUT2D eigenvalue weighted by Gasteiger charge is -2.15. The maximum absolute atomic E-state index is 5.14. The van der Waals surface area contributed by atoms with Crippen molar-refractivity contribution in [3.8, 4) is 0 Å². The van der Waals surface area contributed by atoms with Crippen molar-refractivity contribution in [1.29, 1.82) is 0 Å². The van der Waals surface area contributed by atoms with E-state index in [-0.39, 0.29) is 0 Å². The monoisotopic (exact) mass is 136 g/mol. The normalized spacial score (nSPS) is 15.6. The van der Waals surface area contributed by atoms with Gasteiger partial charge in [0.05, 0.1) is 6.61 Å². The molecule has 0 fully saturated rings. The van der Waals surface area contributed by atoms with Gasteiger partial charge in [0.1, 0.15) is 12.5 Å². The van der Waals surface area contributed by atoms with Crippen molar-refractivity contribution in [1.82, 2.24) is 4.98 Å². The summed E-state index contributed by atoms with van der Waals surface area (Å²) in [6, 6.07) is 3.92. The average Bonchev–Trinajstić information content (AvgIpc) is 2.05. The fourth-order valence-electron chi connectivity index (χ4n) is 0.995. The van der Waals surface area contributed by atoms with Crippen LogP contribution in [0.25, 0.3) is 0 Å². The molecule has 0 radical (unpaired) electrons. The van der Waals surface area contributed by atoms with Gasteiger partial charge < -0.3 is 10.1 Å². The second kappa shape index (κ2) is 2.27. The molecule has 0 unspecified atom stereocenters. The molecule has 0 amide bonds. The number of hydrogen-bond acceptors (Lipinski definition) is 3. The predicted molar refractivity (Wildman–Crippen MR) is 37.5 cm³/mol. The molecule has 2 rings (SSSR count). The lowest BCUT2D eigenvalue weighted by Crippen LogP contribution is -2.15. The zero-order valence-corrected chi connectivity index (χ0v) is 5.50. The molecule has 1 aliphatic heterocycles. The molecule has 0 aromatic carbocycles. The number of hydrogen-bond donors (Lipinski definition) is 1. The third-order valence-corrected chi connectivity index (χ3v) is 1.49. The van der Waals surface area contributed by atoms with Crippen LogP contribution in [0.15, 0.2) is 18.3 Å². The summed E-state index contributed by atoms with van der Waals surface area (Å²) in [5, 5.41) is 3.03. The Bertz CT molecular complexity index is 212. The first-order valence-electron chi connectivity index (χ1n) is 3.22. The molecule has 0 saturated carbocycles. The molecule has 0 atom stereocenters. The minimum Gasteiger partial charge on any atom is -0.356 e. The number of anilines is 1. The Morgan fingerprint density at radius 1 is 1.60 bits per heavy atom. The van der Waals surface area contributed by atoms with Crippen molar-refractivity contribution in [3.63, 3.8) is 0 Å². The third-order valence-electron chi connectivity index (χ3n) is 1.49. The maximum Gasteiger partial charge on any atom is 0.133 e. The van der Waals surface area contributed by atoms with Crippen molar-refractivity contribution in [3.05, 3.63) is 23.9 Å². The molecule has 0 spiro atoms. The number of fused-ring (bicyclic) bond motifs is 1. The molecule has 1 N–H and O–H groups in total. The molecule has 1 aliphatic rings. The molecule has 2 heterocycles. The highest BCUT2D eigenvalue weighted by Gasteiger charge is 2.06. The highest BCUT2D eigenvalue weighted by molar-refractivity contribution is 5.43. The van der Waals surface area contributed by atoms with Crippen LogP contribution in [0.4, 0.5) is 5.82 Å². The molecule has 0 aliphatic carbocycles. The van der Waals surface area contributed by atoms with Gasteiger partial charge in [0.25, 0.3) is 0 Å². The fourth-order valence-corrected chi connectivity index (χ4v) is 0.995. The Kier molecular flexibility index (Phi) is 1.29. The molecule has 3 nitrogen and oxygen atoms in total. The quantitative estimate of drug-likeness (QED) is 0.577. The Morgan fingerprint density at radius 3 is 3.50 bits per heavy atom. The van der Waals surface area contributed by atoms with E-state index in [0.29, 0.717) is 13.3 Å². The number of rotatable bonds is 0. The van der Waals surface area contributed by atoms with Gasteiger partial charge in [0.15, 0.2) is 0 Å². The maximum atomic E-state index is 5.14. The number of pyridine rings is 1. The lowest BCUT2D eigenvalue weighted by atomic mass is 10.2. The van der Waals surface area contributed by atoms with Crippen LogP contribution >= 0.6 is 0 Å². The summed E-state index contributed by atoms with van der Waals surface area (Å²) >= 11 is 0. The molecular weight excluding hydrogens is 128 g/mol. The van der Waals surface area contributed by atoms with E-state index in [1.807, 2.05) is 12.1 Å². The van der Waals surface area contributed by atoms with Crippen molar-refractivity contribution in [2.24, 2.45) is 0 Å². The van der Waals surface area contributed by atoms with Gasteiger partial charge in [0.2, 0.25) is 0 Å². The van der Waals surface area contributed by atoms with Crippen LogP contribution in [0.5, 0.6) is 0 Å². The molecule has 0 bridgehead atoms. The largest absolute Gasteiger partial charge is 0.356 e. The molecule has 52 valence electrons. The highest BCUT2D eigenvalue weighted by atomic mass is 16.5. The molecular formula is C7H8N2O. The van der Waals surface area contributed by atoms with Crippen molar-refractivity contribution < 1.29 is 4.74 Å². The van der Waals surface area contributed by atoms with E-state index in [0.717, 1.165) is 11.4 Å². The van der Waals surface area contributed by atoms with E-state index >= 15 is 0 Å². The van der Waals surface area contributed by atoms with Gasteiger partial charge in [-0.1, -0.05) is 6.07 Å². The topological polar surface area (TPSA) is 34.1 Å². The number of ether oxygens (including phenoxy) is 1. The van der Waals surface area contributed by atoms with Crippen LogP contribution in [-0.2, 0) is 11.3 Å². The highest BCUT2D eigenvalue weighted by Crippen LogP contribution is 2.15. The first-order valence-corrected chi connectivity index (χ1v) is 3.22. The predicted octanol–water partition coefficient (Wildman–Crippen LogP) is 0.981. The van der Waals surface area contributed by atoms with E-state index in [4.69, 9.17) is 4.74 Å².